The molecule has 2 rings (SSSR count). The predicted molar refractivity (Wildman–Crippen MR) is 78.6 cm³/mol. The maximum Gasteiger partial charge on any atom is 0.00501 e. The van der Waals surface area contributed by atoms with Gasteiger partial charge in [0.25, 0.3) is 0 Å². The highest BCUT2D eigenvalue weighted by molar-refractivity contribution is 4.89. The van der Waals surface area contributed by atoms with Crippen LogP contribution in [0.5, 0.6) is 0 Å². The quantitative estimate of drug-likeness (QED) is 0.786. The summed E-state index contributed by atoms with van der Waals surface area (Å²) >= 11 is 0. The van der Waals surface area contributed by atoms with Crippen LogP contribution in [-0.2, 0) is 0 Å². The van der Waals surface area contributed by atoms with Crippen LogP contribution in [0.1, 0.15) is 58.8 Å². The Morgan fingerprint density at radius 2 is 1.83 bits per heavy atom. The topological polar surface area (TPSA) is 29.3 Å². The Bertz CT molecular complexity index is 239. The molecule has 0 aromatic heterocycles. The minimum Gasteiger partial charge on any atom is -0.330 e. The van der Waals surface area contributed by atoms with Crippen molar-refractivity contribution in [2.24, 2.45) is 23.0 Å². The second-order valence-corrected chi connectivity index (χ2v) is 7.01. The first-order chi connectivity index (χ1) is 8.67. The molecular weight excluding hydrogens is 220 g/mol. The highest BCUT2D eigenvalue weighted by Crippen LogP contribution is 2.39. The lowest BCUT2D eigenvalue weighted by atomic mass is 9.70. The summed E-state index contributed by atoms with van der Waals surface area (Å²) in [5.41, 5.74) is 6.57. The van der Waals surface area contributed by atoms with Gasteiger partial charge in [0.1, 0.15) is 0 Å². The zero-order valence-corrected chi connectivity index (χ0v) is 12.5. The van der Waals surface area contributed by atoms with Crippen LogP contribution >= 0.6 is 0 Å². The number of rotatable bonds is 6. The Morgan fingerprint density at radius 3 is 2.28 bits per heavy atom. The molecule has 0 heterocycles. The van der Waals surface area contributed by atoms with Crippen LogP contribution in [0.4, 0.5) is 0 Å². The molecule has 0 spiro atoms. The molecule has 2 aliphatic rings. The molecule has 2 fully saturated rings. The molecule has 0 saturated heterocycles. The molecule has 0 bridgehead atoms. The smallest absolute Gasteiger partial charge is 0.00501 e. The number of hydrogen-bond acceptors (Lipinski definition) is 2. The van der Waals surface area contributed by atoms with E-state index in [0.29, 0.717) is 5.41 Å². The van der Waals surface area contributed by atoms with Gasteiger partial charge in [-0.25, -0.2) is 0 Å². The first kappa shape index (κ1) is 14.3. The van der Waals surface area contributed by atoms with Gasteiger partial charge in [-0.1, -0.05) is 33.1 Å². The summed E-state index contributed by atoms with van der Waals surface area (Å²) in [6.07, 6.45) is 9.86. The molecule has 0 atom stereocenters. The maximum absolute atomic E-state index is 6.14. The van der Waals surface area contributed by atoms with Crippen LogP contribution in [0.15, 0.2) is 0 Å². The molecule has 0 aliphatic heterocycles. The first-order valence-corrected chi connectivity index (χ1v) is 8.10. The van der Waals surface area contributed by atoms with E-state index in [2.05, 4.69) is 18.7 Å². The molecule has 2 nitrogen and oxygen atoms in total. The molecule has 0 aromatic carbocycles. The molecule has 0 aromatic rings. The normalized spacial score (nSPS) is 33.7. The molecular formula is C16H32N2. The van der Waals surface area contributed by atoms with E-state index in [1.807, 2.05) is 0 Å². The van der Waals surface area contributed by atoms with E-state index in [1.54, 1.807) is 0 Å². The maximum atomic E-state index is 6.14. The van der Waals surface area contributed by atoms with Gasteiger partial charge < -0.3 is 10.6 Å². The molecule has 0 unspecified atom stereocenters. The fourth-order valence-electron chi connectivity index (χ4n) is 3.62. The average molecular weight is 252 g/mol. The molecule has 2 aliphatic carbocycles. The van der Waals surface area contributed by atoms with Gasteiger partial charge in [0, 0.05) is 13.1 Å². The van der Waals surface area contributed by atoms with E-state index < -0.39 is 0 Å². The molecule has 18 heavy (non-hydrogen) atoms. The van der Waals surface area contributed by atoms with Crippen LogP contribution in [0.2, 0.25) is 0 Å². The third-order valence-electron chi connectivity index (χ3n) is 5.52. The molecule has 0 amide bonds. The minimum absolute atomic E-state index is 0.437. The van der Waals surface area contributed by atoms with Gasteiger partial charge in [0.15, 0.2) is 0 Å². The number of hydrogen-bond donors (Lipinski definition) is 1. The van der Waals surface area contributed by atoms with Crippen LogP contribution in [0.25, 0.3) is 0 Å². The Hall–Kier alpha value is -0.0800. The van der Waals surface area contributed by atoms with Gasteiger partial charge >= 0.3 is 0 Å². The van der Waals surface area contributed by atoms with E-state index in [-0.39, 0.29) is 0 Å². The van der Waals surface area contributed by atoms with Crippen molar-refractivity contribution in [1.29, 1.82) is 0 Å². The van der Waals surface area contributed by atoms with Crippen molar-refractivity contribution in [2.75, 3.05) is 26.2 Å². The van der Waals surface area contributed by atoms with Crippen molar-refractivity contribution in [2.45, 2.75) is 58.8 Å². The SMILES string of the molecule is CCN(CC1CCC1)CC1(CN)CCC(C)CC1. The fraction of sp³-hybridized carbons (Fsp3) is 1.00. The number of nitrogens with two attached hydrogens (primary N) is 1. The van der Waals surface area contributed by atoms with E-state index in [9.17, 15) is 0 Å². The minimum atomic E-state index is 0.437. The van der Waals surface area contributed by atoms with E-state index in [1.165, 1.54) is 64.6 Å². The summed E-state index contributed by atoms with van der Waals surface area (Å²) in [5, 5.41) is 0. The third-order valence-corrected chi connectivity index (χ3v) is 5.52. The molecule has 0 radical (unpaired) electrons. The van der Waals surface area contributed by atoms with E-state index in [4.69, 9.17) is 5.73 Å². The lowest BCUT2D eigenvalue weighted by Gasteiger charge is -2.43. The van der Waals surface area contributed by atoms with Crippen molar-refractivity contribution in [3.05, 3.63) is 0 Å². The van der Waals surface area contributed by atoms with Gasteiger partial charge in [0.05, 0.1) is 0 Å². The molecule has 106 valence electrons. The van der Waals surface area contributed by atoms with Gasteiger partial charge in [-0.2, -0.15) is 0 Å². The van der Waals surface area contributed by atoms with Crippen molar-refractivity contribution in [1.82, 2.24) is 4.90 Å². The standard InChI is InChI=1S/C16H32N2/c1-3-18(11-15-5-4-6-15)13-16(12-17)9-7-14(2)8-10-16/h14-15H,3-13,17H2,1-2H3. The van der Waals surface area contributed by atoms with Crippen molar-refractivity contribution in [3.63, 3.8) is 0 Å². The largest absolute Gasteiger partial charge is 0.330 e. The van der Waals surface area contributed by atoms with Crippen molar-refractivity contribution < 1.29 is 0 Å². The van der Waals surface area contributed by atoms with Gasteiger partial charge in [-0.3, -0.25) is 0 Å². The first-order valence-electron chi connectivity index (χ1n) is 8.10. The Morgan fingerprint density at radius 1 is 1.17 bits per heavy atom. The van der Waals surface area contributed by atoms with E-state index in [0.717, 1.165) is 18.4 Å². The highest BCUT2D eigenvalue weighted by Gasteiger charge is 2.35. The molecule has 2 heteroatoms. The summed E-state index contributed by atoms with van der Waals surface area (Å²) < 4.78 is 0. The van der Waals surface area contributed by atoms with Gasteiger partial charge in [0.2, 0.25) is 0 Å². The molecule has 2 saturated carbocycles. The Balaban J connectivity index is 1.86. The summed E-state index contributed by atoms with van der Waals surface area (Å²) in [7, 11) is 0. The van der Waals surface area contributed by atoms with Crippen LogP contribution in [-0.4, -0.2) is 31.1 Å². The zero-order valence-electron chi connectivity index (χ0n) is 12.5. The fourth-order valence-corrected chi connectivity index (χ4v) is 3.62. The summed E-state index contributed by atoms with van der Waals surface area (Å²) in [6, 6.07) is 0. The van der Waals surface area contributed by atoms with Crippen molar-refractivity contribution in [3.8, 4) is 0 Å². The van der Waals surface area contributed by atoms with Gasteiger partial charge in [-0.05, 0) is 56.0 Å². The molecule has 2 N–H and O–H groups in total. The lowest BCUT2D eigenvalue weighted by molar-refractivity contribution is 0.0778. The Kier molecular flexibility index (Phi) is 5.08. The summed E-state index contributed by atoms with van der Waals surface area (Å²) in [6.45, 7) is 9.38. The van der Waals surface area contributed by atoms with Crippen LogP contribution in [0, 0.1) is 17.3 Å². The summed E-state index contributed by atoms with van der Waals surface area (Å²) in [4.78, 5) is 2.69. The Labute approximate surface area is 113 Å². The highest BCUT2D eigenvalue weighted by atomic mass is 15.1. The van der Waals surface area contributed by atoms with Gasteiger partial charge in [-0.15, -0.1) is 0 Å². The second-order valence-electron chi connectivity index (χ2n) is 7.01. The monoisotopic (exact) mass is 252 g/mol. The average Bonchev–Trinajstić information content (AvgIpc) is 2.35. The lowest BCUT2D eigenvalue weighted by Crippen LogP contribution is -2.46. The van der Waals surface area contributed by atoms with Crippen LogP contribution < -0.4 is 5.73 Å². The predicted octanol–water partition coefficient (Wildman–Crippen LogP) is 3.26. The zero-order chi connectivity index (χ0) is 13.0. The second kappa shape index (κ2) is 6.38. The summed E-state index contributed by atoms with van der Waals surface area (Å²) in [5.74, 6) is 1.91. The van der Waals surface area contributed by atoms with Crippen molar-refractivity contribution >= 4 is 0 Å². The van der Waals surface area contributed by atoms with Crippen LogP contribution in [0.3, 0.4) is 0 Å². The van der Waals surface area contributed by atoms with E-state index >= 15 is 0 Å². The third kappa shape index (κ3) is 3.48. The number of nitrogens with zero attached hydrogens (tertiary/aromatic N) is 1.